The smallest absolute Gasteiger partial charge is 0.387 e. The van der Waals surface area contributed by atoms with Crippen LogP contribution in [0.4, 0.5) is 13.2 Å². The van der Waals surface area contributed by atoms with Crippen molar-refractivity contribution < 1.29 is 17.9 Å². The van der Waals surface area contributed by atoms with Gasteiger partial charge in [0.2, 0.25) is 0 Å². The molecule has 0 bridgehead atoms. The van der Waals surface area contributed by atoms with E-state index in [1.54, 1.807) is 30.3 Å². The van der Waals surface area contributed by atoms with E-state index in [9.17, 15) is 13.2 Å². The van der Waals surface area contributed by atoms with Gasteiger partial charge in [0, 0.05) is 30.8 Å². The second kappa shape index (κ2) is 13.3. The van der Waals surface area contributed by atoms with Gasteiger partial charge in [0.1, 0.15) is 11.6 Å². The number of benzene rings is 2. The van der Waals surface area contributed by atoms with Gasteiger partial charge >= 0.3 is 6.61 Å². The molecule has 2 aromatic rings. The standard InChI is InChI=1S/C21H27F3N4O.HI/c1-4-25-21(27-13-16-7-5-6-8-19(16)29-20(23)24)26-12-15-9-10-18(22)17(11-15)14-28(2)3;/h5-11,20H,4,12-14H2,1-3H3,(H2,25,26,27);1H. The van der Waals surface area contributed by atoms with Crippen LogP contribution in [0.2, 0.25) is 0 Å². The summed E-state index contributed by atoms with van der Waals surface area (Å²) in [5.41, 5.74) is 2.08. The van der Waals surface area contributed by atoms with Gasteiger partial charge in [0.15, 0.2) is 5.96 Å². The fraction of sp³-hybridized carbons (Fsp3) is 0.381. The average Bonchev–Trinajstić information content (AvgIpc) is 2.66. The Morgan fingerprint density at radius 3 is 2.50 bits per heavy atom. The molecule has 0 saturated heterocycles. The number of halogens is 4. The molecule has 166 valence electrons. The number of nitrogens with zero attached hydrogens (tertiary/aromatic N) is 2. The molecule has 2 N–H and O–H groups in total. The maximum Gasteiger partial charge on any atom is 0.387 e. The first-order valence-electron chi connectivity index (χ1n) is 9.36. The molecule has 0 spiro atoms. The SMILES string of the molecule is CCNC(=NCc1ccc(F)c(CN(C)C)c1)NCc1ccccc1OC(F)F.I. The molecule has 0 aliphatic heterocycles. The quantitative estimate of drug-likeness (QED) is 0.284. The number of aliphatic imine (C=N–C) groups is 1. The number of rotatable bonds is 9. The topological polar surface area (TPSA) is 48.9 Å². The Balaban J connectivity index is 0.00000450. The number of para-hydroxylation sites is 1. The van der Waals surface area contributed by atoms with Crippen LogP contribution >= 0.6 is 24.0 Å². The largest absolute Gasteiger partial charge is 0.434 e. The Bertz CT molecular complexity index is 819. The summed E-state index contributed by atoms with van der Waals surface area (Å²) in [6.07, 6.45) is 0. The van der Waals surface area contributed by atoms with Gasteiger partial charge in [-0.2, -0.15) is 8.78 Å². The highest BCUT2D eigenvalue weighted by molar-refractivity contribution is 14.0. The summed E-state index contributed by atoms with van der Waals surface area (Å²) in [6, 6.07) is 11.5. The van der Waals surface area contributed by atoms with Gasteiger partial charge in [-0.1, -0.05) is 24.3 Å². The minimum atomic E-state index is -2.88. The molecule has 2 rings (SSSR count). The van der Waals surface area contributed by atoms with Crippen LogP contribution in [0.5, 0.6) is 5.75 Å². The zero-order chi connectivity index (χ0) is 21.2. The minimum Gasteiger partial charge on any atom is -0.434 e. The van der Waals surface area contributed by atoms with Crippen LogP contribution in [0.25, 0.3) is 0 Å². The number of guanidine groups is 1. The predicted molar refractivity (Wildman–Crippen MR) is 124 cm³/mol. The van der Waals surface area contributed by atoms with Gasteiger partial charge in [-0.15, -0.1) is 24.0 Å². The van der Waals surface area contributed by atoms with E-state index in [-0.39, 0.29) is 42.1 Å². The summed E-state index contributed by atoms with van der Waals surface area (Å²) in [7, 11) is 3.76. The Morgan fingerprint density at radius 1 is 1.10 bits per heavy atom. The highest BCUT2D eigenvalue weighted by Gasteiger charge is 2.10. The summed E-state index contributed by atoms with van der Waals surface area (Å²) < 4.78 is 43.6. The lowest BCUT2D eigenvalue weighted by atomic mass is 10.1. The van der Waals surface area contributed by atoms with Crippen LogP contribution in [0.1, 0.15) is 23.6 Å². The van der Waals surface area contributed by atoms with E-state index in [4.69, 9.17) is 0 Å². The monoisotopic (exact) mass is 536 g/mol. The van der Waals surface area contributed by atoms with Crippen molar-refractivity contribution >= 4 is 29.9 Å². The van der Waals surface area contributed by atoms with Crippen molar-refractivity contribution in [3.8, 4) is 5.75 Å². The number of alkyl halides is 2. The van der Waals surface area contributed by atoms with E-state index in [1.807, 2.05) is 25.9 Å². The predicted octanol–water partition coefficient (Wildman–Crippen LogP) is 4.36. The highest BCUT2D eigenvalue weighted by atomic mass is 127. The Hall–Kier alpha value is -2.01. The lowest BCUT2D eigenvalue weighted by Crippen LogP contribution is -2.36. The Labute approximate surface area is 192 Å². The van der Waals surface area contributed by atoms with Crippen molar-refractivity contribution in [2.75, 3.05) is 20.6 Å². The summed E-state index contributed by atoms with van der Waals surface area (Å²) in [5.74, 6) is 0.405. The molecular formula is C21H28F3IN4O. The van der Waals surface area contributed by atoms with E-state index in [2.05, 4.69) is 20.4 Å². The zero-order valence-electron chi connectivity index (χ0n) is 17.3. The molecular weight excluding hydrogens is 508 g/mol. The maximum atomic E-state index is 13.9. The number of ether oxygens (including phenoxy) is 1. The van der Waals surface area contributed by atoms with Crippen LogP contribution in [0, 0.1) is 5.82 Å². The third-order valence-electron chi connectivity index (χ3n) is 4.00. The first-order valence-corrected chi connectivity index (χ1v) is 9.36. The molecule has 9 heteroatoms. The van der Waals surface area contributed by atoms with E-state index in [0.29, 0.717) is 36.7 Å². The van der Waals surface area contributed by atoms with Gasteiger partial charge in [-0.3, -0.25) is 0 Å². The molecule has 0 aromatic heterocycles. The van der Waals surface area contributed by atoms with Crippen LogP contribution in [-0.4, -0.2) is 38.1 Å². The molecule has 2 aromatic carbocycles. The maximum absolute atomic E-state index is 13.9. The average molecular weight is 536 g/mol. The number of nitrogens with one attached hydrogen (secondary N) is 2. The normalized spacial score (nSPS) is 11.4. The fourth-order valence-corrected chi connectivity index (χ4v) is 2.74. The lowest BCUT2D eigenvalue weighted by Gasteiger charge is -2.15. The molecule has 0 unspecified atom stereocenters. The minimum absolute atomic E-state index is 0. The fourth-order valence-electron chi connectivity index (χ4n) is 2.74. The van der Waals surface area contributed by atoms with E-state index < -0.39 is 6.61 Å². The summed E-state index contributed by atoms with van der Waals surface area (Å²) in [4.78, 5) is 6.41. The van der Waals surface area contributed by atoms with Crippen molar-refractivity contribution in [2.45, 2.75) is 33.2 Å². The van der Waals surface area contributed by atoms with E-state index in [0.717, 1.165) is 5.56 Å². The van der Waals surface area contributed by atoms with Crippen LogP contribution in [0.3, 0.4) is 0 Å². The number of hydrogen-bond acceptors (Lipinski definition) is 3. The third-order valence-corrected chi connectivity index (χ3v) is 4.00. The highest BCUT2D eigenvalue weighted by Crippen LogP contribution is 2.20. The summed E-state index contributed by atoms with van der Waals surface area (Å²) in [6.45, 7) is 0.805. The molecule has 0 radical (unpaired) electrons. The van der Waals surface area contributed by atoms with Crippen LogP contribution in [-0.2, 0) is 19.6 Å². The molecule has 0 fully saturated rings. The van der Waals surface area contributed by atoms with Gasteiger partial charge < -0.3 is 20.3 Å². The molecule has 30 heavy (non-hydrogen) atoms. The van der Waals surface area contributed by atoms with Gasteiger partial charge in [0.25, 0.3) is 0 Å². The van der Waals surface area contributed by atoms with Crippen molar-refractivity contribution in [3.63, 3.8) is 0 Å². The molecule has 0 atom stereocenters. The molecule has 5 nitrogen and oxygen atoms in total. The van der Waals surface area contributed by atoms with Crippen molar-refractivity contribution in [2.24, 2.45) is 4.99 Å². The Morgan fingerprint density at radius 2 is 1.83 bits per heavy atom. The second-order valence-corrected chi connectivity index (χ2v) is 6.70. The van der Waals surface area contributed by atoms with Crippen molar-refractivity contribution in [3.05, 3.63) is 65.0 Å². The first-order chi connectivity index (χ1) is 13.9. The molecule has 0 saturated carbocycles. The third kappa shape index (κ3) is 8.78. The van der Waals surface area contributed by atoms with E-state index >= 15 is 0 Å². The van der Waals surface area contributed by atoms with Gasteiger partial charge in [-0.25, -0.2) is 9.38 Å². The summed E-state index contributed by atoms with van der Waals surface area (Å²) >= 11 is 0. The molecule has 0 aliphatic rings. The zero-order valence-corrected chi connectivity index (χ0v) is 19.6. The molecule has 0 aliphatic carbocycles. The van der Waals surface area contributed by atoms with Gasteiger partial charge in [-0.05, 0) is 44.8 Å². The number of hydrogen-bond donors (Lipinski definition) is 2. The lowest BCUT2D eigenvalue weighted by molar-refractivity contribution is -0.0504. The Kier molecular flexibility index (Phi) is 11.6. The first kappa shape index (κ1) is 26.0. The van der Waals surface area contributed by atoms with Crippen LogP contribution < -0.4 is 15.4 Å². The van der Waals surface area contributed by atoms with E-state index in [1.165, 1.54) is 12.1 Å². The van der Waals surface area contributed by atoms with Crippen LogP contribution in [0.15, 0.2) is 47.5 Å². The molecule has 0 heterocycles. The van der Waals surface area contributed by atoms with Crippen molar-refractivity contribution in [1.82, 2.24) is 15.5 Å². The second-order valence-electron chi connectivity index (χ2n) is 6.70. The molecule has 0 amide bonds. The van der Waals surface area contributed by atoms with Crippen molar-refractivity contribution in [1.29, 1.82) is 0 Å². The summed E-state index contributed by atoms with van der Waals surface area (Å²) in [5, 5.41) is 6.22. The van der Waals surface area contributed by atoms with Gasteiger partial charge in [0.05, 0.1) is 6.54 Å².